The van der Waals surface area contributed by atoms with E-state index in [2.05, 4.69) is 16.4 Å². The summed E-state index contributed by atoms with van der Waals surface area (Å²) in [5, 5.41) is 46.2. The molecule has 6 nitrogen and oxygen atoms in total. The van der Waals surface area contributed by atoms with Crippen molar-refractivity contribution in [1.82, 2.24) is 4.98 Å². The van der Waals surface area contributed by atoms with Crippen LogP contribution in [0.15, 0.2) is 41.2 Å². The fourth-order valence-corrected chi connectivity index (χ4v) is 5.43. The predicted octanol–water partition coefficient (Wildman–Crippen LogP) is 3.02. The van der Waals surface area contributed by atoms with Crippen LogP contribution in [0.2, 0.25) is 5.02 Å². The molecule has 0 radical (unpaired) electrons. The molecule has 0 bridgehead atoms. The van der Waals surface area contributed by atoms with E-state index in [4.69, 9.17) is 16.3 Å². The van der Waals surface area contributed by atoms with Gasteiger partial charge in [0.2, 0.25) is 0 Å². The molecule has 3 heterocycles. The number of aliphatic hydroxyl groups excluding tert-OH is 4. The van der Waals surface area contributed by atoms with Crippen LogP contribution in [0.25, 0.3) is 10.4 Å². The van der Waals surface area contributed by atoms with Crippen molar-refractivity contribution in [3.8, 4) is 10.4 Å². The molecule has 160 valence electrons. The molecular weight excluding hydrogens is 446 g/mol. The van der Waals surface area contributed by atoms with Crippen LogP contribution in [0, 0.1) is 0 Å². The topological polar surface area (TPSA) is 103 Å². The molecule has 6 atom stereocenters. The average molecular weight is 468 g/mol. The third kappa shape index (κ3) is 4.32. The van der Waals surface area contributed by atoms with E-state index in [-0.39, 0.29) is 0 Å². The summed E-state index contributed by atoms with van der Waals surface area (Å²) >= 11 is 9.63. The largest absolute Gasteiger partial charge is 0.391 e. The van der Waals surface area contributed by atoms with Crippen LogP contribution < -0.4 is 0 Å². The Kier molecular flexibility index (Phi) is 6.57. The minimum Gasteiger partial charge on any atom is -0.391 e. The van der Waals surface area contributed by atoms with E-state index in [1.54, 1.807) is 34.8 Å². The van der Waals surface area contributed by atoms with Crippen LogP contribution in [-0.4, -0.2) is 55.9 Å². The first-order chi connectivity index (χ1) is 14.3. The molecular formula is C21H22ClNO5S2. The fourth-order valence-electron chi connectivity index (χ4n) is 3.58. The van der Waals surface area contributed by atoms with Crippen molar-refractivity contribution >= 4 is 34.3 Å². The van der Waals surface area contributed by atoms with E-state index in [0.717, 1.165) is 21.0 Å². The van der Waals surface area contributed by atoms with Crippen LogP contribution in [0.5, 0.6) is 0 Å². The number of aliphatic hydroxyl groups is 4. The zero-order chi connectivity index (χ0) is 21.4. The Morgan fingerprint density at radius 3 is 2.67 bits per heavy atom. The summed E-state index contributed by atoms with van der Waals surface area (Å²) in [5.41, 5.74) is 2.55. The second-order valence-electron chi connectivity index (χ2n) is 7.39. The van der Waals surface area contributed by atoms with Crippen LogP contribution in [0.3, 0.4) is 0 Å². The van der Waals surface area contributed by atoms with Gasteiger partial charge in [-0.05, 0) is 40.9 Å². The van der Waals surface area contributed by atoms with Crippen molar-refractivity contribution in [3.05, 3.63) is 62.4 Å². The van der Waals surface area contributed by atoms with Gasteiger partial charge in [0.1, 0.15) is 30.5 Å². The zero-order valence-corrected chi connectivity index (χ0v) is 18.4. The van der Waals surface area contributed by atoms with E-state index in [9.17, 15) is 20.4 Å². The molecule has 1 fully saturated rings. The summed E-state index contributed by atoms with van der Waals surface area (Å²) in [4.78, 5) is 5.59. The highest BCUT2D eigenvalue weighted by Gasteiger charge is 2.45. The maximum Gasteiger partial charge on any atom is 0.113 e. The van der Waals surface area contributed by atoms with E-state index in [0.29, 0.717) is 17.0 Å². The molecule has 1 aliphatic rings. The smallest absolute Gasteiger partial charge is 0.113 e. The van der Waals surface area contributed by atoms with Gasteiger partial charge in [-0.25, -0.2) is 4.98 Å². The third-order valence-corrected chi connectivity index (χ3v) is 7.32. The van der Waals surface area contributed by atoms with Gasteiger partial charge in [0.05, 0.1) is 16.0 Å². The first kappa shape index (κ1) is 21.9. The van der Waals surface area contributed by atoms with Gasteiger partial charge in [0, 0.05) is 23.2 Å². The molecule has 3 aromatic rings. The van der Waals surface area contributed by atoms with Crippen molar-refractivity contribution < 1.29 is 25.2 Å². The Morgan fingerprint density at radius 2 is 1.97 bits per heavy atom. The SMILES string of the molecule is CC(O)[C@H]1O[C@@H](c2ccc(Cl)c(Cc3ncc(-c4ccsc4)s3)c2)[C@H](O)[C@@H](O)[C@@H]1O. The van der Waals surface area contributed by atoms with Crippen molar-refractivity contribution in [3.63, 3.8) is 0 Å². The van der Waals surface area contributed by atoms with Gasteiger partial charge < -0.3 is 25.2 Å². The molecule has 1 aromatic carbocycles. The number of rotatable bonds is 5. The molecule has 2 aromatic heterocycles. The standard InChI is InChI=1S/C21H22ClNO5S2/c1-10(24)20-18(26)17(25)19(27)21(28-20)11-2-3-14(22)13(6-11)7-16-23-8-15(30-16)12-4-5-29-9-12/h2-6,8-10,17-21,24-27H,7H2,1H3/t10?,17-,18-,19+,20+,21-/m0/s1. The summed E-state index contributed by atoms with van der Waals surface area (Å²) < 4.78 is 5.76. The third-order valence-electron chi connectivity index (χ3n) is 5.23. The van der Waals surface area contributed by atoms with Gasteiger partial charge in [-0.2, -0.15) is 11.3 Å². The first-order valence-electron chi connectivity index (χ1n) is 9.48. The lowest BCUT2D eigenvalue weighted by atomic mass is 9.89. The normalized spacial score (nSPS) is 27.9. The van der Waals surface area contributed by atoms with Gasteiger partial charge >= 0.3 is 0 Å². The molecule has 0 amide bonds. The highest BCUT2D eigenvalue weighted by atomic mass is 35.5. The summed E-state index contributed by atoms with van der Waals surface area (Å²) in [6.45, 7) is 1.47. The number of aromatic nitrogens is 1. The summed E-state index contributed by atoms with van der Waals surface area (Å²) in [5.74, 6) is 0. The van der Waals surface area contributed by atoms with E-state index in [1.807, 2.05) is 17.6 Å². The van der Waals surface area contributed by atoms with Crippen molar-refractivity contribution in [1.29, 1.82) is 0 Å². The number of thiophene rings is 1. The first-order valence-corrected chi connectivity index (χ1v) is 11.6. The van der Waals surface area contributed by atoms with Gasteiger partial charge in [-0.1, -0.05) is 23.7 Å². The highest BCUT2D eigenvalue weighted by Crippen LogP contribution is 2.36. The van der Waals surface area contributed by atoms with E-state index < -0.39 is 36.6 Å². The Hall–Kier alpha value is -1.36. The lowest BCUT2D eigenvalue weighted by molar-refractivity contribution is -0.243. The monoisotopic (exact) mass is 467 g/mol. The molecule has 1 aliphatic heterocycles. The predicted molar refractivity (Wildman–Crippen MR) is 117 cm³/mol. The van der Waals surface area contributed by atoms with Crippen LogP contribution in [0.1, 0.15) is 29.2 Å². The Morgan fingerprint density at radius 1 is 1.17 bits per heavy atom. The maximum absolute atomic E-state index is 10.5. The molecule has 0 saturated carbocycles. The second kappa shape index (κ2) is 9.02. The van der Waals surface area contributed by atoms with Gasteiger partial charge in [-0.3, -0.25) is 0 Å². The van der Waals surface area contributed by atoms with Gasteiger partial charge in [0.25, 0.3) is 0 Å². The summed E-state index contributed by atoms with van der Waals surface area (Å²) in [7, 11) is 0. The Bertz CT molecular complexity index is 993. The van der Waals surface area contributed by atoms with Gasteiger partial charge in [-0.15, -0.1) is 11.3 Å². The van der Waals surface area contributed by atoms with Crippen molar-refractivity contribution in [2.75, 3.05) is 0 Å². The molecule has 0 aliphatic carbocycles. The van der Waals surface area contributed by atoms with Crippen LogP contribution in [0.4, 0.5) is 0 Å². The van der Waals surface area contributed by atoms with Crippen molar-refractivity contribution in [2.24, 2.45) is 0 Å². The number of hydrogen-bond acceptors (Lipinski definition) is 8. The van der Waals surface area contributed by atoms with Gasteiger partial charge in [0.15, 0.2) is 0 Å². The second-order valence-corrected chi connectivity index (χ2v) is 9.69. The number of hydrogen-bond donors (Lipinski definition) is 4. The molecule has 1 unspecified atom stereocenters. The number of thiazole rings is 1. The quantitative estimate of drug-likeness (QED) is 0.460. The van der Waals surface area contributed by atoms with E-state index in [1.165, 1.54) is 6.92 Å². The molecule has 4 N–H and O–H groups in total. The number of benzene rings is 1. The molecule has 4 rings (SSSR count). The lowest BCUT2D eigenvalue weighted by Crippen LogP contribution is -2.57. The number of halogens is 1. The molecule has 30 heavy (non-hydrogen) atoms. The highest BCUT2D eigenvalue weighted by molar-refractivity contribution is 7.15. The van der Waals surface area contributed by atoms with Crippen molar-refractivity contribution in [2.45, 2.75) is 50.0 Å². The molecule has 0 spiro atoms. The van der Waals surface area contributed by atoms with Crippen LogP contribution >= 0.6 is 34.3 Å². The zero-order valence-electron chi connectivity index (χ0n) is 16.1. The molecule has 9 heteroatoms. The van der Waals surface area contributed by atoms with E-state index >= 15 is 0 Å². The number of nitrogens with zero attached hydrogens (tertiary/aromatic N) is 1. The molecule has 1 saturated heterocycles. The Labute approximate surface area is 187 Å². The maximum atomic E-state index is 10.5. The number of ether oxygens (including phenoxy) is 1. The minimum atomic E-state index is -1.44. The van der Waals surface area contributed by atoms with Crippen LogP contribution in [-0.2, 0) is 11.2 Å². The Balaban J connectivity index is 1.58. The summed E-state index contributed by atoms with van der Waals surface area (Å²) in [6, 6.07) is 7.29. The minimum absolute atomic E-state index is 0.509. The summed E-state index contributed by atoms with van der Waals surface area (Å²) in [6.07, 6.45) is -4.73. The average Bonchev–Trinajstić information content (AvgIpc) is 3.40. The fraction of sp³-hybridized carbons (Fsp3) is 0.381. The lowest BCUT2D eigenvalue weighted by Gasteiger charge is -2.42.